The van der Waals surface area contributed by atoms with Crippen molar-refractivity contribution in [2.24, 2.45) is 11.8 Å². The summed E-state index contributed by atoms with van der Waals surface area (Å²) >= 11 is 0. The maximum atomic E-state index is 13.3. The molecule has 0 aromatic heterocycles. The van der Waals surface area contributed by atoms with Crippen LogP contribution in [0, 0.1) is 11.8 Å². The molecule has 3 atom stereocenters. The van der Waals surface area contributed by atoms with E-state index in [1.807, 2.05) is 41.7 Å². The van der Waals surface area contributed by atoms with Crippen molar-refractivity contribution in [2.75, 3.05) is 13.1 Å². The van der Waals surface area contributed by atoms with E-state index in [2.05, 4.69) is 54.1 Å². The molecular formula is C38H58N4O6. The van der Waals surface area contributed by atoms with Gasteiger partial charge in [-0.15, -0.1) is 0 Å². The van der Waals surface area contributed by atoms with Gasteiger partial charge >= 0.3 is 12.2 Å². The summed E-state index contributed by atoms with van der Waals surface area (Å²) in [5.74, 6) is -0.918. The van der Waals surface area contributed by atoms with E-state index < -0.39 is 35.6 Å². The van der Waals surface area contributed by atoms with E-state index in [-0.39, 0.29) is 12.6 Å². The molecule has 10 heteroatoms. The van der Waals surface area contributed by atoms with E-state index in [0.29, 0.717) is 18.8 Å². The van der Waals surface area contributed by atoms with Gasteiger partial charge in [-0.3, -0.25) is 15.4 Å². The van der Waals surface area contributed by atoms with Crippen LogP contribution in [0.1, 0.15) is 96.1 Å². The number of benzene rings is 2. The van der Waals surface area contributed by atoms with Crippen LogP contribution in [-0.4, -0.2) is 65.3 Å². The second kappa shape index (κ2) is 22.7. The Kier molecular flexibility index (Phi) is 19.2. The predicted octanol–water partition coefficient (Wildman–Crippen LogP) is 6.58. The second-order valence-corrected chi connectivity index (χ2v) is 13.5. The summed E-state index contributed by atoms with van der Waals surface area (Å²) in [5.41, 5.74) is 1.58. The number of carbonyl (C=O) groups excluding carboxylic acids is 2. The van der Waals surface area contributed by atoms with E-state index in [4.69, 9.17) is 0 Å². The third-order valence-corrected chi connectivity index (χ3v) is 8.97. The zero-order chi connectivity index (χ0) is 35.2. The molecule has 0 aliphatic carbocycles. The van der Waals surface area contributed by atoms with Gasteiger partial charge in [-0.1, -0.05) is 133 Å². The Morgan fingerprint density at radius 2 is 1.23 bits per heavy atom. The molecule has 0 aliphatic heterocycles. The van der Waals surface area contributed by atoms with Gasteiger partial charge in [-0.2, -0.15) is 0 Å². The zero-order valence-corrected chi connectivity index (χ0v) is 29.1. The third-order valence-electron chi connectivity index (χ3n) is 8.97. The van der Waals surface area contributed by atoms with Crippen LogP contribution in [0.25, 0.3) is 0 Å². The van der Waals surface area contributed by atoms with Gasteiger partial charge in [-0.25, -0.2) is 9.59 Å². The van der Waals surface area contributed by atoms with Gasteiger partial charge in [0.1, 0.15) is 6.29 Å². The Labute approximate surface area is 286 Å². The first-order valence-corrected chi connectivity index (χ1v) is 17.6. The SMILES string of the molecule is CC(CNC(=O)O)[C@H](NC(CCCCCCCCCCCN[C@H](C=O)C(C)C)(Cc1ccccc1)Cc1ccccc1)C(=O)NC(=O)O. The van der Waals surface area contributed by atoms with Crippen molar-refractivity contribution in [1.29, 1.82) is 0 Å². The Morgan fingerprint density at radius 3 is 1.69 bits per heavy atom. The minimum atomic E-state index is -1.45. The molecule has 0 spiro atoms. The first-order chi connectivity index (χ1) is 23.0. The highest BCUT2D eigenvalue weighted by Crippen LogP contribution is 2.28. The van der Waals surface area contributed by atoms with Crippen molar-refractivity contribution in [1.82, 2.24) is 21.3 Å². The molecule has 48 heavy (non-hydrogen) atoms. The summed E-state index contributed by atoms with van der Waals surface area (Å²) < 4.78 is 0. The number of amides is 3. The monoisotopic (exact) mass is 666 g/mol. The lowest BCUT2D eigenvalue weighted by molar-refractivity contribution is -0.124. The number of nitrogens with one attached hydrogen (secondary N) is 4. The van der Waals surface area contributed by atoms with Gasteiger partial charge in [0.25, 0.3) is 0 Å². The molecule has 2 aromatic carbocycles. The number of hydrogen-bond acceptors (Lipinski definition) is 6. The normalized spacial score (nSPS) is 13.4. The van der Waals surface area contributed by atoms with Gasteiger partial charge < -0.3 is 25.6 Å². The fourth-order valence-corrected chi connectivity index (χ4v) is 6.27. The molecule has 0 heterocycles. The van der Waals surface area contributed by atoms with Crippen LogP contribution >= 0.6 is 0 Å². The van der Waals surface area contributed by atoms with Crippen LogP contribution in [0.5, 0.6) is 0 Å². The summed E-state index contributed by atoms with van der Waals surface area (Å²) in [5, 5.41) is 29.9. The van der Waals surface area contributed by atoms with E-state index >= 15 is 0 Å². The number of carbonyl (C=O) groups is 4. The van der Waals surface area contributed by atoms with Crippen molar-refractivity contribution in [2.45, 2.75) is 115 Å². The lowest BCUT2D eigenvalue weighted by Gasteiger charge is -2.40. The number of aldehydes is 1. The molecule has 0 fully saturated rings. The van der Waals surface area contributed by atoms with Crippen LogP contribution in [0.3, 0.4) is 0 Å². The number of rotatable bonds is 25. The minimum Gasteiger partial charge on any atom is -0.465 e. The number of hydrogen-bond donors (Lipinski definition) is 6. The first kappa shape index (κ1) is 40.4. The maximum absolute atomic E-state index is 13.3. The lowest BCUT2D eigenvalue weighted by Crippen LogP contribution is -2.61. The topological polar surface area (TPSA) is 157 Å². The molecule has 1 unspecified atom stereocenters. The molecule has 0 radical (unpaired) electrons. The van der Waals surface area contributed by atoms with Crippen molar-refractivity contribution in [3.63, 3.8) is 0 Å². The van der Waals surface area contributed by atoms with Crippen molar-refractivity contribution >= 4 is 24.4 Å². The molecule has 2 aromatic rings. The third kappa shape index (κ3) is 16.4. The summed E-state index contributed by atoms with van der Waals surface area (Å²) in [6, 6.07) is 19.1. The van der Waals surface area contributed by atoms with Crippen LogP contribution in [0.2, 0.25) is 0 Å². The van der Waals surface area contributed by atoms with Crippen LogP contribution < -0.4 is 21.3 Å². The summed E-state index contributed by atoms with van der Waals surface area (Å²) in [4.78, 5) is 47.2. The molecule has 10 nitrogen and oxygen atoms in total. The smallest absolute Gasteiger partial charge is 0.411 e. The molecule has 0 saturated carbocycles. The second-order valence-electron chi connectivity index (χ2n) is 13.5. The van der Waals surface area contributed by atoms with Crippen LogP contribution in [0.15, 0.2) is 60.7 Å². The molecule has 2 rings (SSSR count). The molecule has 3 amide bonds. The van der Waals surface area contributed by atoms with E-state index in [9.17, 15) is 29.4 Å². The van der Waals surface area contributed by atoms with Crippen molar-refractivity contribution in [3.05, 3.63) is 71.8 Å². The minimum absolute atomic E-state index is 0.0134. The van der Waals surface area contributed by atoms with E-state index in [0.717, 1.165) is 68.9 Å². The van der Waals surface area contributed by atoms with Crippen LogP contribution in [-0.2, 0) is 22.4 Å². The quantitative estimate of drug-likeness (QED) is 0.0513. The summed E-state index contributed by atoms with van der Waals surface area (Å²) in [7, 11) is 0. The highest BCUT2D eigenvalue weighted by molar-refractivity contribution is 5.94. The number of unbranched alkanes of at least 4 members (excludes halogenated alkanes) is 8. The van der Waals surface area contributed by atoms with Crippen molar-refractivity contribution in [3.8, 4) is 0 Å². The van der Waals surface area contributed by atoms with Gasteiger partial charge in [-0.05, 0) is 55.2 Å². The molecule has 0 bridgehead atoms. The number of carboxylic acid groups (broad SMARTS) is 2. The lowest BCUT2D eigenvalue weighted by atomic mass is 9.78. The molecule has 266 valence electrons. The molecule has 0 saturated heterocycles. The molecule has 0 aliphatic rings. The van der Waals surface area contributed by atoms with E-state index in [1.165, 1.54) is 19.3 Å². The first-order valence-electron chi connectivity index (χ1n) is 17.6. The maximum Gasteiger partial charge on any atom is 0.411 e. The van der Waals surface area contributed by atoms with Crippen molar-refractivity contribution < 1.29 is 29.4 Å². The average Bonchev–Trinajstić information content (AvgIpc) is 3.05. The summed E-state index contributed by atoms with van der Waals surface area (Å²) in [6.07, 6.45) is 10.3. The summed E-state index contributed by atoms with van der Waals surface area (Å²) in [6.45, 7) is 6.71. The predicted molar refractivity (Wildman–Crippen MR) is 190 cm³/mol. The van der Waals surface area contributed by atoms with Gasteiger partial charge in [0.2, 0.25) is 5.91 Å². The number of imide groups is 1. The van der Waals surface area contributed by atoms with Crippen LogP contribution in [0.4, 0.5) is 9.59 Å². The Hall–Kier alpha value is -3.76. The highest BCUT2D eigenvalue weighted by atomic mass is 16.4. The fraction of sp³-hybridized carbons (Fsp3) is 0.579. The van der Waals surface area contributed by atoms with E-state index in [1.54, 1.807) is 6.92 Å². The zero-order valence-electron chi connectivity index (χ0n) is 29.1. The Balaban J connectivity index is 2.10. The molecule has 6 N–H and O–H groups in total. The van der Waals surface area contributed by atoms with Gasteiger partial charge in [0.05, 0.1) is 12.1 Å². The standard InChI is InChI=1S/C38H58N4O6/c1-29(2)33(28-43)39-24-18-10-8-6-4-5-7-9-17-23-38(25-31-19-13-11-14-20-31,26-32-21-15-12-16-22-32)42-34(35(44)41-37(47)48)30(3)27-40-36(45)46/h11-16,19-22,28-30,33-34,39-40,42H,4-10,17-18,23-27H2,1-3H3,(H,41,44)(H,45,46)(H,47,48)/t30?,33-,34+/m1/s1. The fourth-order valence-electron chi connectivity index (χ4n) is 6.27. The Bertz CT molecular complexity index is 1170. The Morgan fingerprint density at radius 1 is 0.729 bits per heavy atom. The van der Waals surface area contributed by atoms with Gasteiger partial charge in [0.15, 0.2) is 0 Å². The molecular weight excluding hydrogens is 608 g/mol. The average molecular weight is 667 g/mol. The highest BCUT2D eigenvalue weighted by Gasteiger charge is 2.38. The van der Waals surface area contributed by atoms with Gasteiger partial charge in [0, 0.05) is 12.1 Å². The largest absolute Gasteiger partial charge is 0.465 e.